The molecule has 0 bridgehead atoms. The quantitative estimate of drug-likeness (QED) is 0.0624. The fourth-order valence-corrected chi connectivity index (χ4v) is 10.9. The number of hydrogen-bond donors (Lipinski definition) is 0. The maximum atomic E-state index is 15.8. The maximum Gasteiger partial charge on any atom is 0.266 e. The Balaban J connectivity index is 1.31. The molecule has 1 aliphatic heterocycles. The Morgan fingerprint density at radius 2 is 0.803 bits per heavy atom. The van der Waals surface area contributed by atoms with Gasteiger partial charge in [0.25, 0.3) is 11.8 Å². The second kappa shape index (κ2) is 17.4. The van der Waals surface area contributed by atoms with Crippen molar-refractivity contribution in [2.45, 2.75) is 118 Å². The molecule has 0 saturated carbocycles. The molecule has 6 nitrogen and oxygen atoms in total. The number of ether oxygens (including phenoxy) is 3. The summed E-state index contributed by atoms with van der Waals surface area (Å²) in [6.45, 7) is 28.2. The van der Waals surface area contributed by atoms with Crippen molar-refractivity contribution < 1.29 is 23.8 Å². The van der Waals surface area contributed by atoms with Gasteiger partial charge in [0.15, 0.2) is 0 Å². The van der Waals surface area contributed by atoms with Crippen molar-refractivity contribution in [2.75, 3.05) is 4.90 Å². The van der Waals surface area contributed by atoms with Crippen LogP contribution in [0.25, 0.3) is 43.1 Å². The molecular formula is C64H62INO5. The zero-order valence-electron chi connectivity index (χ0n) is 43.1. The Morgan fingerprint density at radius 3 is 1.20 bits per heavy atom. The van der Waals surface area contributed by atoms with E-state index in [1.54, 1.807) is 0 Å². The van der Waals surface area contributed by atoms with E-state index in [9.17, 15) is 0 Å². The molecule has 0 spiro atoms. The third kappa shape index (κ3) is 8.47. The highest BCUT2D eigenvalue weighted by Gasteiger charge is 2.40. The summed E-state index contributed by atoms with van der Waals surface area (Å²) in [6.07, 6.45) is 0. The SMILES string of the molecule is CC(C)c1cc(I)cc(C(C)C)c1N1C(=O)c2cc(Oc3ccc(C(C)(C)C)cc3)c3c4cccc5c(Oc6ccc(C(C)(C)C)cc6)ccc(c6c(Oc7ccc(C(C)(C)C)cc7)cc(c2c36)C1=O)c54. The third-order valence-corrected chi connectivity index (χ3v) is 14.8. The van der Waals surface area contributed by atoms with Crippen LogP contribution < -0.4 is 19.1 Å². The average Bonchev–Trinajstić information content (AvgIpc) is 3.30. The Hall–Kier alpha value is -6.45. The van der Waals surface area contributed by atoms with Crippen molar-refractivity contribution in [3.8, 4) is 34.5 Å². The fourth-order valence-electron chi connectivity index (χ4n) is 10.3. The molecule has 1 aliphatic rings. The molecule has 0 aromatic heterocycles. The van der Waals surface area contributed by atoms with E-state index in [0.29, 0.717) is 50.9 Å². The van der Waals surface area contributed by atoms with Crippen LogP contribution in [0.4, 0.5) is 5.69 Å². The van der Waals surface area contributed by atoms with Crippen molar-refractivity contribution >= 4 is 83.2 Å². The average molecular weight is 1050 g/mol. The van der Waals surface area contributed by atoms with Crippen molar-refractivity contribution in [3.63, 3.8) is 0 Å². The standard InChI is InChI=1S/C64H62INO5/c1-35(2)47-31-40(65)32-48(36(3)4)59(47)66-60(67)49-33-52(70-42-25-19-38(20-26-42)63(8,9)10)56-45-16-14-15-44-51(69-41-23-17-37(18-24-41)62(5,6)7)30-29-46(54(44)45)57-53(34-50(61(66)68)55(49)58(56)57)71-43-27-21-39(22-28-43)64(11,12)13/h14-36H,1-13H3. The molecule has 1 heterocycles. The van der Waals surface area contributed by atoms with Gasteiger partial charge in [-0.2, -0.15) is 0 Å². The summed E-state index contributed by atoms with van der Waals surface area (Å²) in [5.41, 5.74) is 6.72. The predicted molar refractivity (Wildman–Crippen MR) is 302 cm³/mol. The second-order valence-corrected chi connectivity index (χ2v) is 24.2. The van der Waals surface area contributed by atoms with E-state index in [-0.39, 0.29) is 28.1 Å². The smallest absolute Gasteiger partial charge is 0.266 e. The van der Waals surface area contributed by atoms with Crippen LogP contribution in [0.15, 0.2) is 127 Å². The predicted octanol–water partition coefficient (Wildman–Crippen LogP) is 18.7. The lowest BCUT2D eigenvalue weighted by atomic mass is 9.83. The van der Waals surface area contributed by atoms with Crippen LogP contribution in [-0.2, 0) is 16.2 Å². The number of halogens is 1. The first-order valence-corrected chi connectivity index (χ1v) is 25.9. The highest BCUT2D eigenvalue weighted by Crippen LogP contribution is 2.54. The molecule has 360 valence electrons. The molecule has 0 unspecified atom stereocenters. The molecule has 2 amide bonds. The number of benzene rings is 9. The summed E-state index contributed by atoms with van der Waals surface area (Å²) in [5.74, 6) is 2.93. The molecule has 0 aliphatic carbocycles. The van der Waals surface area contributed by atoms with Crippen molar-refractivity contribution in [1.82, 2.24) is 0 Å². The summed E-state index contributed by atoms with van der Waals surface area (Å²) < 4.78 is 22.1. The lowest BCUT2D eigenvalue weighted by molar-refractivity contribution is 0.0892. The van der Waals surface area contributed by atoms with E-state index in [2.05, 4.69) is 179 Å². The zero-order valence-corrected chi connectivity index (χ0v) is 45.3. The monoisotopic (exact) mass is 1050 g/mol. The summed E-state index contributed by atoms with van der Waals surface area (Å²) in [6, 6.07) is 43.0. The number of hydrogen-bond acceptors (Lipinski definition) is 5. The van der Waals surface area contributed by atoms with Crippen molar-refractivity contribution in [2.24, 2.45) is 0 Å². The molecule has 10 rings (SSSR count). The number of imide groups is 1. The molecule has 0 atom stereocenters. The summed E-state index contributed by atoms with van der Waals surface area (Å²) in [7, 11) is 0. The van der Waals surface area contributed by atoms with E-state index in [4.69, 9.17) is 14.2 Å². The number of rotatable bonds is 9. The minimum atomic E-state index is -0.394. The van der Waals surface area contributed by atoms with Crippen molar-refractivity contribution in [1.29, 1.82) is 0 Å². The molecule has 9 aromatic rings. The van der Waals surface area contributed by atoms with Crippen LogP contribution >= 0.6 is 22.6 Å². The summed E-state index contributed by atoms with van der Waals surface area (Å²) in [5, 5.41) is 6.49. The molecule has 7 heteroatoms. The number of carbonyl (C=O) groups excluding carboxylic acids is 2. The van der Waals surface area contributed by atoms with E-state index in [1.807, 2.05) is 60.7 Å². The van der Waals surface area contributed by atoms with E-state index in [0.717, 1.165) is 58.2 Å². The first-order chi connectivity index (χ1) is 33.5. The fraction of sp³-hybridized carbons (Fsp3) is 0.281. The summed E-state index contributed by atoms with van der Waals surface area (Å²) in [4.78, 5) is 32.9. The molecular weight excluding hydrogens is 990 g/mol. The lowest BCUT2D eigenvalue weighted by Crippen LogP contribution is -2.42. The van der Waals surface area contributed by atoms with E-state index < -0.39 is 11.8 Å². The number of fused-ring (bicyclic) bond motifs is 2. The van der Waals surface area contributed by atoms with Gasteiger partial charge in [-0.3, -0.25) is 9.59 Å². The van der Waals surface area contributed by atoms with Gasteiger partial charge < -0.3 is 14.2 Å². The van der Waals surface area contributed by atoms with Gasteiger partial charge in [0.05, 0.1) is 16.8 Å². The Kier molecular flexibility index (Phi) is 11.8. The lowest BCUT2D eigenvalue weighted by Gasteiger charge is -2.34. The molecule has 0 N–H and O–H groups in total. The van der Waals surface area contributed by atoms with Gasteiger partial charge in [-0.25, -0.2) is 4.90 Å². The largest absolute Gasteiger partial charge is 0.457 e. The van der Waals surface area contributed by atoms with Gasteiger partial charge in [-0.1, -0.05) is 145 Å². The van der Waals surface area contributed by atoms with Gasteiger partial charge in [-0.15, -0.1) is 0 Å². The van der Waals surface area contributed by atoms with Crippen LogP contribution in [0.3, 0.4) is 0 Å². The molecule has 0 fully saturated rings. The second-order valence-electron chi connectivity index (χ2n) is 23.0. The summed E-state index contributed by atoms with van der Waals surface area (Å²) >= 11 is 2.34. The van der Waals surface area contributed by atoms with Crippen LogP contribution in [0.5, 0.6) is 34.5 Å². The Bertz CT molecular complexity index is 3420. The van der Waals surface area contributed by atoms with E-state index >= 15 is 9.59 Å². The Labute approximate surface area is 431 Å². The van der Waals surface area contributed by atoms with Gasteiger partial charge in [0.2, 0.25) is 0 Å². The Morgan fingerprint density at radius 1 is 0.423 bits per heavy atom. The normalized spacial score (nSPS) is 13.5. The number of nitrogens with zero attached hydrogens (tertiary/aromatic N) is 1. The van der Waals surface area contributed by atoms with Crippen LogP contribution in [0, 0.1) is 3.57 Å². The molecule has 9 aromatic carbocycles. The zero-order chi connectivity index (χ0) is 50.6. The topological polar surface area (TPSA) is 65.1 Å². The van der Waals surface area contributed by atoms with E-state index in [1.165, 1.54) is 21.6 Å². The van der Waals surface area contributed by atoms with Gasteiger partial charge >= 0.3 is 0 Å². The van der Waals surface area contributed by atoms with Gasteiger partial charge in [0.1, 0.15) is 34.5 Å². The van der Waals surface area contributed by atoms with Crippen LogP contribution in [0.1, 0.15) is 150 Å². The molecule has 71 heavy (non-hydrogen) atoms. The van der Waals surface area contributed by atoms with Crippen molar-refractivity contribution in [3.05, 3.63) is 170 Å². The third-order valence-electron chi connectivity index (χ3n) is 14.2. The van der Waals surface area contributed by atoms with Crippen LogP contribution in [-0.4, -0.2) is 11.8 Å². The molecule has 0 radical (unpaired) electrons. The van der Waals surface area contributed by atoms with Crippen LogP contribution in [0.2, 0.25) is 0 Å². The number of carbonyl (C=O) groups is 2. The molecule has 0 saturated heterocycles. The first-order valence-electron chi connectivity index (χ1n) is 24.8. The highest BCUT2D eigenvalue weighted by molar-refractivity contribution is 14.1. The van der Waals surface area contributed by atoms with Gasteiger partial charge in [0, 0.05) is 35.9 Å². The minimum Gasteiger partial charge on any atom is -0.457 e. The first kappa shape index (κ1) is 48.2. The number of anilines is 1. The van der Waals surface area contributed by atoms with Gasteiger partial charge in [-0.05, 0) is 162 Å². The highest BCUT2D eigenvalue weighted by atomic mass is 127. The number of amides is 2. The minimum absolute atomic E-state index is 0.00182. The maximum absolute atomic E-state index is 15.8.